The van der Waals surface area contributed by atoms with Crippen LogP contribution in [0.3, 0.4) is 0 Å². The van der Waals surface area contributed by atoms with Crippen LogP contribution in [0.25, 0.3) is 0 Å². The van der Waals surface area contributed by atoms with Gasteiger partial charge in [-0.15, -0.1) is 0 Å². The summed E-state index contributed by atoms with van der Waals surface area (Å²) >= 11 is 0. The first-order valence-electron chi connectivity index (χ1n) is 6.65. The fraction of sp³-hybridized carbons (Fsp3) is 0.750. The van der Waals surface area contributed by atoms with Gasteiger partial charge in [0, 0.05) is 32.0 Å². The number of sulfonamides is 1. The van der Waals surface area contributed by atoms with Crippen LogP contribution in [0.4, 0.5) is 0 Å². The number of aryl methyl sites for hydroxylation is 1. The predicted molar refractivity (Wildman–Crippen MR) is 76.4 cm³/mol. The minimum absolute atomic E-state index is 0.541. The summed E-state index contributed by atoms with van der Waals surface area (Å²) in [6.45, 7) is 5.72. The molecule has 19 heavy (non-hydrogen) atoms. The maximum atomic E-state index is 11.4. The van der Waals surface area contributed by atoms with E-state index in [-0.39, 0.29) is 0 Å². The van der Waals surface area contributed by atoms with Crippen LogP contribution >= 0.6 is 0 Å². The highest BCUT2D eigenvalue weighted by molar-refractivity contribution is 7.88. The molecule has 0 aliphatic heterocycles. The molecule has 1 aromatic heterocycles. The monoisotopic (exact) mass is 288 g/mol. The van der Waals surface area contributed by atoms with Gasteiger partial charge in [0.25, 0.3) is 0 Å². The Labute approximate surface area is 115 Å². The summed E-state index contributed by atoms with van der Waals surface area (Å²) in [6, 6.07) is 0. The van der Waals surface area contributed by atoms with Crippen molar-refractivity contribution in [1.29, 1.82) is 0 Å². The largest absolute Gasteiger partial charge is 0.337 e. The maximum Gasteiger partial charge on any atom is 0.211 e. The first-order valence-corrected chi connectivity index (χ1v) is 8.50. The molecular weight excluding hydrogens is 264 g/mol. The van der Waals surface area contributed by atoms with Crippen LogP contribution in [0.2, 0.25) is 0 Å². The third-order valence-corrected chi connectivity index (χ3v) is 4.29. The van der Waals surface area contributed by atoms with Crippen molar-refractivity contribution in [2.75, 3.05) is 32.4 Å². The molecule has 0 aliphatic rings. The van der Waals surface area contributed by atoms with Crippen LogP contribution in [0, 0.1) is 0 Å². The fourth-order valence-corrected chi connectivity index (χ4v) is 2.80. The number of nitrogens with zero attached hydrogens (tertiary/aromatic N) is 3. The van der Waals surface area contributed by atoms with Crippen molar-refractivity contribution in [2.45, 2.75) is 26.3 Å². The predicted octanol–water partition coefficient (Wildman–Crippen LogP) is 0.534. The average Bonchev–Trinajstić information content (AvgIpc) is 2.84. The van der Waals surface area contributed by atoms with Crippen molar-refractivity contribution in [3.8, 4) is 0 Å². The summed E-state index contributed by atoms with van der Waals surface area (Å²) < 4.78 is 26.3. The lowest BCUT2D eigenvalue weighted by molar-refractivity contribution is 0.418. The van der Waals surface area contributed by atoms with Gasteiger partial charge in [-0.05, 0) is 25.9 Å². The highest BCUT2D eigenvalue weighted by atomic mass is 32.2. The molecule has 1 rings (SSSR count). The lowest BCUT2D eigenvalue weighted by Gasteiger charge is -2.17. The van der Waals surface area contributed by atoms with E-state index in [1.807, 2.05) is 24.0 Å². The van der Waals surface area contributed by atoms with Gasteiger partial charge in [-0.1, -0.05) is 6.92 Å². The molecule has 0 radical (unpaired) electrons. The first kappa shape index (κ1) is 16.1. The van der Waals surface area contributed by atoms with Crippen molar-refractivity contribution < 1.29 is 8.42 Å². The molecule has 1 N–H and O–H groups in total. The van der Waals surface area contributed by atoms with Gasteiger partial charge in [-0.2, -0.15) is 0 Å². The van der Waals surface area contributed by atoms with Gasteiger partial charge in [0.1, 0.15) is 0 Å². The number of rotatable bonds is 10. The Bertz CT molecular complexity index is 431. The smallest absolute Gasteiger partial charge is 0.211 e. The molecule has 1 aromatic rings. The SMILES string of the molecule is CCN(CCCNCCCn1ccnc1)S(C)(=O)=O. The zero-order valence-electron chi connectivity index (χ0n) is 11.7. The molecule has 7 heteroatoms. The molecule has 6 nitrogen and oxygen atoms in total. The topological polar surface area (TPSA) is 67.2 Å². The second-order valence-electron chi connectivity index (χ2n) is 4.51. The van der Waals surface area contributed by atoms with E-state index in [1.165, 1.54) is 10.6 Å². The fourth-order valence-electron chi connectivity index (χ4n) is 1.87. The third-order valence-electron chi connectivity index (χ3n) is 2.91. The van der Waals surface area contributed by atoms with Gasteiger partial charge >= 0.3 is 0 Å². The summed E-state index contributed by atoms with van der Waals surface area (Å²) in [5.41, 5.74) is 0. The van der Waals surface area contributed by atoms with Crippen molar-refractivity contribution in [1.82, 2.24) is 19.2 Å². The molecule has 1 heterocycles. The molecule has 0 saturated heterocycles. The van der Waals surface area contributed by atoms with Crippen molar-refractivity contribution in [3.05, 3.63) is 18.7 Å². The quantitative estimate of drug-likeness (QED) is 0.638. The van der Waals surface area contributed by atoms with E-state index in [9.17, 15) is 8.42 Å². The van der Waals surface area contributed by atoms with Crippen LogP contribution < -0.4 is 5.32 Å². The zero-order valence-corrected chi connectivity index (χ0v) is 12.6. The summed E-state index contributed by atoms with van der Waals surface area (Å²) in [4.78, 5) is 3.98. The molecule has 0 fully saturated rings. The van der Waals surface area contributed by atoms with E-state index in [0.717, 1.165) is 32.5 Å². The summed E-state index contributed by atoms with van der Waals surface area (Å²) in [6.07, 6.45) is 8.68. The Morgan fingerprint density at radius 1 is 1.32 bits per heavy atom. The first-order chi connectivity index (χ1) is 9.04. The molecular formula is C12H24N4O2S. The molecule has 0 spiro atoms. The van der Waals surface area contributed by atoms with E-state index in [1.54, 1.807) is 6.20 Å². The number of aromatic nitrogens is 2. The van der Waals surface area contributed by atoms with Gasteiger partial charge in [-0.25, -0.2) is 17.7 Å². The van der Waals surface area contributed by atoms with E-state index >= 15 is 0 Å². The lowest BCUT2D eigenvalue weighted by Crippen LogP contribution is -2.32. The number of hydrogen-bond donors (Lipinski definition) is 1. The van der Waals surface area contributed by atoms with Crippen LogP contribution in [-0.4, -0.2) is 54.7 Å². The van der Waals surface area contributed by atoms with Gasteiger partial charge in [0.2, 0.25) is 10.0 Å². The van der Waals surface area contributed by atoms with E-state index in [2.05, 4.69) is 10.3 Å². The highest BCUT2D eigenvalue weighted by Gasteiger charge is 2.12. The summed E-state index contributed by atoms with van der Waals surface area (Å²) in [7, 11) is -3.05. The molecule has 0 unspecified atom stereocenters. The van der Waals surface area contributed by atoms with Gasteiger partial charge in [0.05, 0.1) is 12.6 Å². The van der Waals surface area contributed by atoms with E-state index in [4.69, 9.17) is 0 Å². The summed E-state index contributed by atoms with van der Waals surface area (Å²) in [5, 5.41) is 3.32. The summed E-state index contributed by atoms with van der Waals surface area (Å²) in [5.74, 6) is 0. The van der Waals surface area contributed by atoms with Crippen LogP contribution in [0.15, 0.2) is 18.7 Å². The molecule has 110 valence electrons. The molecule has 0 atom stereocenters. The maximum absolute atomic E-state index is 11.4. The van der Waals surface area contributed by atoms with Crippen molar-refractivity contribution >= 4 is 10.0 Å². The number of nitrogens with one attached hydrogen (secondary N) is 1. The second kappa shape index (κ2) is 8.29. The Kier molecular flexibility index (Phi) is 7.04. The van der Waals surface area contributed by atoms with Gasteiger partial charge < -0.3 is 9.88 Å². The Hall–Kier alpha value is -0.920. The van der Waals surface area contributed by atoms with Crippen LogP contribution in [0.5, 0.6) is 0 Å². The second-order valence-corrected chi connectivity index (χ2v) is 6.49. The lowest BCUT2D eigenvalue weighted by atomic mass is 10.3. The molecule has 0 saturated carbocycles. The van der Waals surface area contributed by atoms with E-state index in [0.29, 0.717) is 13.1 Å². The molecule has 0 aromatic carbocycles. The molecule has 0 bridgehead atoms. The Morgan fingerprint density at radius 2 is 2.05 bits per heavy atom. The van der Waals surface area contributed by atoms with Crippen molar-refractivity contribution in [3.63, 3.8) is 0 Å². The van der Waals surface area contributed by atoms with E-state index < -0.39 is 10.0 Å². The average molecular weight is 288 g/mol. The van der Waals surface area contributed by atoms with Crippen LogP contribution in [0.1, 0.15) is 19.8 Å². The normalized spacial score (nSPS) is 12.2. The Morgan fingerprint density at radius 3 is 2.63 bits per heavy atom. The highest BCUT2D eigenvalue weighted by Crippen LogP contribution is 1.98. The Balaban J connectivity index is 2.02. The standard InChI is InChI=1S/C12H24N4O2S/c1-3-16(19(2,17)18)10-5-7-13-6-4-9-15-11-8-14-12-15/h8,11-13H,3-7,9-10H2,1-2H3. The van der Waals surface area contributed by atoms with Gasteiger partial charge in [-0.3, -0.25) is 0 Å². The number of hydrogen-bond acceptors (Lipinski definition) is 4. The minimum atomic E-state index is -3.05. The van der Waals surface area contributed by atoms with Crippen molar-refractivity contribution in [2.24, 2.45) is 0 Å². The zero-order chi connectivity index (χ0) is 14.1. The van der Waals surface area contributed by atoms with Gasteiger partial charge in [0.15, 0.2) is 0 Å². The van der Waals surface area contributed by atoms with Crippen LogP contribution in [-0.2, 0) is 16.6 Å². The molecule has 0 aliphatic carbocycles. The third kappa shape index (κ3) is 6.70. The minimum Gasteiger partial charge on any atom is -0.337 e. The number of imidazole rings is 1. The molecule has 0 amide bonds.